The van der Waals surface area contributed by atoms with Gasteiger partial charge in [-0.25, -0.2) is 14.8 Å². The molecular weight excluding hydrogens is 659 g/mol. The number of rotatable bonds is 8. The van der Waals surface area contributed by atoms with Crippen LogP contribution in [0.2, 0.25) is 0 Å². The molecule has 15 heteroatoms. The lowest BCUT2D eigenvalue weighted by atomic mass is 9.79. The normalized spacial score (nSPS) is 20.1. The molecule has 1 unspecified atom stereocenters. The number of nitrogens with zero attached hydrogens (tertiary/aromatic N) is 4. The average molecular weight is 695 g/mol. The third-order valence-corrected chi connectivity index (χ3v) is 8.52. The Bertz CT molecular complexity index is 1520. The summed E-state index contributed by atoms with van der Waals surface area (Å²) in [5.41, 5.74) is -4.22. The molecule has 0 aliphatic carbocycles. The largest absolute Gasteiger partial charge is 0.416 e. The summed E-state index contributed by atoms with van der Waals surface area (Å²) in [6.45, 7) is 6.32. The van der Waals surface area contributed by atoms with Gasteiger partial charge in [0.05, 0.1) is 17.3 Å². The van der Waals surface area contributed by atoms with Crippen LogP contribution in [0.3, 0.4) is 0 Å². The third kappa shape index (κ3) is 7.73. The highest BCUT2D eigenvalue weighted by atomic mass is 35.5. The minimum atomic E-state index is -5.13. The van der Waals surface area contributed by atoms with Crippen LogP contribution in [0.4, 0.5) is 26.3 Å². The molecule has 46 heavy (non-hydrogen) atoms. The molecule has 0 radical (unpaired) electrons. The summed E-state index contributed by atoms with van der Waals surface area (Å²) in [4.78, 5) is 33.2. The van der Waals surface area contributed by atoms with Gasteiger partial charge in [-0.05, 0) is 42.8 Å². The van der Waals surface area contributed by atoms with E-state index in [1.807, 2.05) is 23.2 Å². The molecule has 1 atom stereocenters. The van der Waals surface area contributed by atoms with E-state index in [0.29, 0.717) is 37.3 Å². The van der Waals surface area contributed by atoms with Crippen molar-refractivity contribution in [3.63, 3.8) is 0 Å². The lowest BCUT2D eigenvalue weighted by molar-refractivity contribution is -0.143. The lowest BCUT2D eigenvalue weighted by Crippen LogP contribution is -2.69. The van der Waals surface area contributed by atoms with Gasteiger partial charge in [0.2, 0.25) is 0 Å². The first-order valence-corrected chi connectivity index (χ1v) is 14.4. The highest BCUT2D eigenvalue weighted by molar-refractivity contribution is 6.04. The van der Waals surface area contributed by atoms with Gasteiger partial charge < -0.3 is 14.8 Å². The molecule has 7 nitrogen and oxygen atoms in total. The fourth-order valence-corrected chi connectivity index (χ4v) is 6.35. The third-order valence-electron chi connectivity index (χ3n) is 8.52. The zero-order valence-corrected chi connectivity index (χ0v) is 26.6. The molecule has 5 rings (SSSR count). The van der Waals surface area contributed by atoms with Crippen molar-refractivity contribution in [2.24, 2.45) is 0 Å². The maximum atomic E-state index is 14.6. The Morgan fingerprint density at radius 3 is 2.11 bits per heavy atom. The highest BCUT2D eigenvalue weighted by Crippen LogP contribution is 2.39. The van der Waals surface area contributed by atoms with Crippen molar-refractivity contribution in [2.75, 3.05) is 52.4 Å². The number of hydrogen-bond donors (Lipinski definition) is 1. The number of halogens is 8. The molecule has 2 aliphatic rings. The van der Waals surface area contributed by atoms with Crippen LogP contribution in [0.25, 0.3) is 10.9 Å². The first-order chi connectivity index (χ1) is 20.9. The number of piperazine rings is 2. The summed E-state index contributed by atoms with van der Waals surface area (Å²) >= 11 is 0. The number of Topliss-reactive ketones (excluding diaryl/α,β-unsaturated/α-hetero) is 1. The number of carbonyl (C=O) groups is 1. The van der Waals surface area contributed by atoms with Crippen molar-refractivity contribution in [1.29, 1.82) is 0 Å². The van der Waals surface area contributed by atoms with Crippen molar-refractivity contribution >= 4 is 47.4 Å². The van der Waals surface area contributed by atoms with E-state index in [4.69, 9.17) is 0 Å². The molecule has 0 bridgehead atoms. The molecule has 2 aliphatic heterocycles. The van der Waals surface area contributed by atoms with E-state index >= 15 is 0 Å². The molecular formula is C31H35Cl2F6N5O2. The maximum Gasteiger partial charge on any atom is 0.416 e. The maximum absolute atomic E-state index is 14.6. The van der Waals surface area contributed by atoms with Crippen molar-refractivity contribution in [2.45, 2.75) is 37.7 Å². The second-order valence-electron chi connectivity index (χ2n) is 11.3. The van der Waals surface area contributed by atoms with E-state index < -0.39 is 40.4 Å². The Morgan fingerprint density at radius 2 is 1.52 bits per heavy atom. The van der Waals surface area contributed by atoms with Crippen LogP contribution in [0.5, 0.6) is 0 Å². The molecule has 3 aromatic rings. The molecule has 0 saturated carbocycles. The summed E-state index contributed by atoms with van der Waals surface area (Å²) in [6, 6.07) is 8.20. The number of hydrazine groups is 1. The second kappa shape index (κ2) is 14.8. The van der Waals surface area contributed by atoms with E-state index in [-0.39, 0.29) is 50.4 Å². The van der Waals surface area contributed by atoms with Crippen LogP contribution >= 0.6 is 24.8 Å². The summed E-state index contributed by atoms with van der Waals surface area (Å²) < 4.78 is 83.0. The van der Waals surface area contributed by atoms with Gasteiger partial charge in [-0.2, -0.15) is 26.3 Å². The molecule has 0 amide bonds. The van der Waals surface area contributed by atoms with Gasteiger partial charge in [0.25, 0.3) is 0 Å². The molecule has 2 fully saturated rings. The lowest BCUT2D eigenvalue weighted by Gasteiger charge is -2.53. The van der Waals surface area contributed by atoms with E-state index in [1.165, 1.54) is 4.90 Å². The number of ketones is 1. The van der Waals surface area contributed by atoms with Gasteiger partial charge in [0.1, 0.15) is 11.5 Å². The number of alkyl halides is 6. The molecule has 2 aromatic carbocycles. The van der Waals surface area contributed by atoms with E-state index in [0.717, 1.165) is 43.2 Å². The van der Waals surface area contributed by atoms with Gasteiger partial charge in [-0.3, -0.25) is 4.79 Å². The van der Waals surface area contributed by atoms with Crippen LogP contribution < -0.4 is 0 Å². The Morgan fingerprint density at radius 1 is 0.913 bits per heavy atom. The second-order valence-corrected chi connectivity index (χ2v) is 11.3. The number of aromatic nitrogens is 1. The number of hydrogen-bond acceptors (Lipinski definition) is 6. The number of para-hydroxylation sites is 1. The van der Waals surface area contributed by atoms with Crippen molar-refractivity contribution < 1.29 is 35.9 Å². The van der Waals surface area contributed by atoms with Gasteiger partial charge in [-0.15, -0.1) is 24.8 Å². The quantitative estimate of drug-likeness (QED) is 0.174. The van der Waals surface area contributed by atoms with Crippen LogP contribution in [0, 0.1) is 0 Å². The van der Waals surface area contributed by atoms with Crippen molar-refractivity contribution in [3.05, 3.63) is 77.1 Å². The predicted molar refractivity (Wildman–Crippen MR) is 167 cm³/mol. The summed E-state index contributed by atoms with van der Waals surface area (Å²) in [5, 5.41) is 4.78. The fourth-order valence-electron chi connectivity index (χ4n) is 6.35. The van der Waals surface area contributed by atoms with Crippen LogP contribution in [-0.4, -0.2) is 94.4 Å². The topological polar surface area (TPSA) is 62.9 Å². The number of H-pyrrole nitrogens is 1. The van der Waals surface area contributed by atoms with Crippen molar-refractivity contribution in [1.82, 2.24) is 24.8 Å². The predicted octanol–water partition coefficient (Wildman–Crippen LogP) is 6.12. The summed E-state index contributed by atoms with van der Waals surface area (Å²) in [6.07, 6.45) is -6.62. The first-order valence-electron chi connectivity index (χ1n) is 14.4. The minimum Gasteiger partial charge on any atom is -0.361 e. The molecule has 3 heterocycles. The first kappa shape index (κ1) is 37.4. The average Bonchev–Trinajstić information content (AvgIpc) is 3.39. The fraction of sp³-hybridized carbons (Fsp3) is 0.452. The number of aromatic amines is 1. The zero-order valence-electron chi connectivity index (χ0n) is 25.0. The minimum absolute atomic E-state index is 0. The van der Waals surface area contributed by atoms with Gasteiger partial charge in [0.15, 0.2) is 5.78 Å². The SMILES string of the molecule is CCCN1CCN(N2CCN(C=C=O)C(Cc3c[nH]c4ccccc34)(C(=O)c3cc(C(F)(F)F)cc(C(F)(F)F)c3)C2)CC1.Cl.Cl. The molecule has 1 N–H and O–H groups in total. The summed E-state index contributed by atoms with van der Waals surface area (Å²) in [5.74, 6) is 0.749. The Kier molecular flexibility index (Phi) is 12.0. The molecule has 1 aromatic heterocycles. The zero-order chi connectivity index (χ0) is 31.7. The highest BCUT2D eigenvalue weighted by Gasteiger charge is 2.50. The standard InChI is InChI=1S/C31H33F6N5O2.2ClH/c1-2-7-39-8-11-41(12-9-39)42-13-10-40(14-15-43)29(21-42,19-23-20-38-27-6-4-3-5-26(23)27)28(44)22-16-24(30(32,33)34)18-25(17-22)31(35,36)37;;/h3-6,14,16-18,20,38H,2,7-13,19,21H2,1H3;2*1H. The van der Waals surface area contributed by atoms with Crippen LogP contribution in [0.1, 0.15) is 40.4 Å². The van der Waals surface area contributed by atoms with Crippen LogP contribution in [0.15, 0.2) is 54.9 Å². The molecule has 252 valence electrons. The number of carbonyl (C=O) groups excluding carboxylic acids is 2. The smallest absolute Gasteiger partial charge is 0.361 e. The Balaban J connectivity index is 0.00000288. The Labute approximate surface area is 275 Å². The number of fused-ring (bicyclic) bond motifs is 1. The van der Waals surface area contributed by atoms with Crippen molar-refractivity contribution in [3.8, 4) is 0 Å². The monoisotopic (exact) mass is 693 g/mol. The summed E-state index contributed by atoms with van der Waals surface area (Å²) in [7, 11) is 0. The number of nitrogens with one attached hydrogen (secondary N) is 1. The van der Waals surface area contributed by atoms with E-state index in [9.17, 15) is 35.9 Å². The molecule has 2 saturated heterocycles. The van der Waals surface area contributed by atoms with E-state index in [1.54, 1.807) is 18.2 Å². The van der Waals surface area contributed by atoms with Gasteiger partial charge in [-0.1, -0.05) is 25.1 Å². The Hall–Kier alpha value is -3.06. The molecule has 0 spiro atoms. The van der Waals surface area contributed by atoms with E-state index in [2.05, 4.69) is 21.8 Å². The van der Waals surface area contributed by atoms with Crippen LogP contribution in [-0.2, 0) is 23.6 Å². The number of benzene rings is 2. The van der Waals surface area contributed by atoms with Gasteiger partial charge >= 0.3 is 12.4 Å². The van der Waals surface area contributed by atoms with Gasteiger partial charge in [0, 0.05) is 74.9 Å².